The highest BCUT2D eigenvalue weighted by Gasteiger charge is 2.18. The van der Waals surface area contributed by atoms with E-state index in [4.69, 9.17) is 9.47 Å². The Balaban J connectivity index is 1.48. The lowest BCUT2D eigenvalue weighted by molar-refractivity contribution is 0.174. The first kappa shape index (κ1) is 19.2. The molecule has 0 atom stereocenters. The second kappa shape index (κ2) is 8.54. The normalized spacial score (nSPS) is 12.0. The van der Waals surface area contributed by atoms with Crippen LogP contribution in [-0.2, 0) is 12.3 Å². The molecule has 6 nitrogen and oxygen atoms in total. The molecule has 7 heteroatoms. The Bertz CT molecular complexity index is 1260. The fourth-order valence-electron chi connectivity index (χ4n) is 3.46. The molecule has 5 rings (SSSR count). The molecule has 0 spiro atoms. The van der Waals surface area contributed by atoms with Crippen LogP contribution >= 0.6 is 11.8 Å². The van der Waals surface area contributed by atoms with Crippen molar-refractivity contribution in [1.29, 1.82) is 5.26 Å². The molecular formula is C24H18N4O2S. The first-order chi connectivity index (χ1) is 15.3. The maximum Gasteiger partial charge on any atom is 0.231 e. The topological polar surface area (TPSA) is 73.0 Å². The van der Waals surface area contributed by atoms with E-state index in [1.54, 1.807) is 11.8 Å². The van der Waals surface area contributed by atoms with Crippen molar-refractivity contribution < 1.29 is 9.47 Å². The van der Waals surface area contributed by atoms with E-state index in [9.17, 15) is 5.26 Å². The van der Waals surface area contributed by atoms with Gasteiger partial charge >= 0.3 is 0 Å². The van der Waals surface area contributed by atoms with Crippen molar-refractivity contribution in [3.05, 3.63) is 89.5 Å². The number of nitriles is 1. The highest BCUT2D eigenvalue weighted by atomic mass is 32.2. The zero-order valence-electron chi connectivity index (χ0n) is 16.6. The number of nitrogens with zero attached hydrogens (tertiary/aromatic N) is 4. The van der Waals surface area contributed by atoms with Crippen LogP contribution in [0.25, 0.3) is 11.4 Å². The van der Waals surface area contributed by atoms with Crippen LogP contribution in [0.15, 0.2) is 78.0 Å². The van der Waals surface area contributed by atoms with Crippen LogP contribution in [-0.4, -0.2) is 21.6 Å². The predicted octanol–water partition coefficient (Wildman–Crippen LogP) is 4.89. The minimum Gasteiger partial charge on any atom is -0.454 e. The molecular weight excluding hydrogens is 408 g/mol. The summed E-state index contributed by atoms with van der Waals surface area (Å²) in [6.45, 7) is 0.843. The summed E-state index contributed by atoms with van der Waals surface area (Å²) in [6.07, 6.45) is 0. The van der Waals surface area contributed by atoms with E-state index in [1.807, 2.05) is 72.8 Å². The van der Waals surface area contributed by atoms with Crippen LogP contribution in [0, 0.1) is 11.3 Å². The number of thioether (sulfide) groups is 1. The summed E-state index contributed by atoms with van der Waals surface area (Å²) in [6, 6.07) is 25.9. The zero-order chi connectivity index (χ0) is 21.0. The van der Waals surface area contributed by atoms with Gasteiger partial charge in [-0.15, -0.1) is 10.2 Å². The van der Waals surface area contributed by atoms with Crippen molar-refractivity contribution >= 4 is 11.8 Å². The quantitative estimate of drug-likeness (QED) is 0.409. The summed E-state index contributed by atoms with van der Waals surface area (Å²) in [4.78, 5) is 0. The summed E-state index contributed by atoms with van der Waals surface area (Å²) >= 11 is 1.57. The van der Waals surface area contributed by atoms with Gasteiger partial charge in [0.25, 0.3) is 0 Å². The van der Waals surface area contributed by atoms with Crippen molar-refractivity contribution in [2.24, 2.45) is 0 Å². The molecule has 152 valence electrons. The van der Waals surface area contributed by atoms with Crippen LogP contribution in [0.3, 0.4) is 0 Å². The molecule has 2 heterocycles. The molecule has 3 aromatic carbocycles. The smallest absolute Gasteiger partial charge is 0.231 e. The molecule has 0 radical (unpaired) electrons. The average Bonchev–Trinajstić information content (AvgIpc) is 3.45. The Morgan fingerprint density at radius 2 is 1.74 bits per heavy atom. The summed E-state index contributed by atoms with van der Waals surface area (Å²) < 4.78 is 13.1. The number of ether oxygens (including phenoxy) is 2. The standard InChI is InChI=1S/C24H18N4O2S/c25-13-19-8-4-5-9-20(19)15-31-24-27-26-23(18-6-2-1-3-7-18)28(24)14-17-10-11-21-22(12-17)30-16-29-21/h1-12H,14-16H2. The van der Waals surface area contributed by atoms with Gasteiger partial charge in [0.05, 0.1) is 18.2 Å². The van der Waals surface area contributed by atoms with Gasteiger partial charge in [0.15, 0.2) is 22.5 Å². The number of aromatic nitrogens is 3. The van der Waals surface area contributed by atoms with Crippen LogP contribution < -0.4 is 9.47 Å². The Labute approximate surface area is 184 Å². The van der Waals surface area contributed by atoms with Crippen LogP contribution in [0.2, 0.25) is 0 Å². The van der Waals surface area contributed by atoms with Gasteiger partial charge in [0, 0.05) is 11.3 Å². The minimum absolute atomic E-state index is 0.250. The van der Waals surface area contributed by atoms with E-state index in [-0.39, 0.29) is 6.79 Å². The van der Waals surface area contributed by atoms with Crippen molar-refractivity contribution in [2.75, 3.05) is 6.79 Å². The number of benzene rings is 3. The largest absolute Gasteiger partial charge is 0.454 e. The summed E-state index contributed by atoms with van der Waals surface area (Å²) in [5, 5.41) is 19.1. The first-order valence-corrected chi connectivity index (χ1v) is 10.8. The van der Waals surface area contributed by atoms with Gasteiger partial charge in [-0.05, 0) is 29.3 Å². The Hall–Kier alpha value is -3.76. The molecule has 31 heavy (non-hydrogen) atoms. The second-order valence-electron chi connectivity index (χ2n) is 7.00. The third-order valence-corrected chi connectivity index (χ3v) is 6.04. The lowest BCUT2D eigenvalue weighted by Gasteiger charge is -2.11. The molecule has 1 aromatic heterocycles. The van der Waals surface area contributed by atoms with E-state index < -0.39 is 0 Å². The van der Waals surface area contributed by atoms with Crippen molar-refractivity contribution in [1.82, 2.24) is 14.8 Å². The van der Waals surface area contributed by atoms with Crippen molar-refractivity contribution in [2.45, 2.75) is 17.5 Å². The fourth-order valence-corrected chi connectivity index (χ4v) is 4.40. The van der Waals surface area contributed by atoms with Gasteiger partial charge in [0.2, 0.25) is 6.79 Å². The Morgan fingerprint density at radius 3 is 2.61 bits per heavy atom. The molecule has 0 N–H and O–H groups in total. The van der Waals surface area contributed by atoms with E-state index >= 15 is 0 Å². The van der Waals surface area contributed by atoms with Gasteiger partial charge in [-0.25, -0.2) is 0 Å². The molecule has 0 unspecified atom stereocenters. The van der Waals surface area contributed by atoms with E-state index in [0.717, 1.165) is 39.2 Å². The zero-order valence-corrected chi connectivity index (χ0v) is 17.4. The van der Waals surface area contributed by atoms with Gasteiger partial charge < -0.3 is 9.47 Å². The summed E-state index contributed by atoms with van der Waals surface area (Å²) in [5.41, 5.74) is 3.73. The van der Waals surface area contributed by atoms with E-state index in [2.05, 4.69) is 20.8 Å². The first-order valence-electron chi connectivity index (χ1n) is 9.80. The lowest BCUT2D eigenvalue weighted by Crippen LogP contribution is -2.04. The van der Waals surface area contributed by atoms with Crippen molar-refractivity contribution in [3.8, 4) is 29.0 Å². The van der Waals surface area contributed by atoms with Gasteiger partial charge in [-0.2, -0.15) is 5.26 Å². The summed E-state index contributed by atoms with van der Waals surface area (Å²) in [5.74, 6) is 2.95. The number of hydrogen-bond acceptors (Lipinski definition) is 6. The van der Waals surface area contributed by atoms with Gasteiger partial charge in [0.1, 0.15) is 0 Å². The monoisotopic (exact) mass is 426 g/mol. The Kier molecular flexibility index (Phi) is 5.29. The van der Waals surface area contributed by atoms with Gasteiger partial charge in [-0.1, -0.05) is 66.4 Å². The maximum atomic E-state index is 9.38. The van der Waals surface area contributed by atoms with E-state index in [1.165, 1.54) is 0 Å². The minimum atomic E-state index is 0.250. The molecule has 0 saturated heterocycles. The third-order valence-electron chi connectivity index (χ3n) is 5.02. The van der Waals surface area contributed by atoms with Crippen LogP contribution in [0.5, 0.6) is 11.5 Å². The molecule has 0 fully saturated rings. The number of hydrogen-bond donors (Lipinski definition) is 0. The number of rotatable bonds is 6. The van der Waals surface area contributed by atoms with Gasteiger partial charge in [-0.3, -0.25) is 4.57 Å². The fraction of sp³-hybridized carbons (Fsp3) is 0.125. The van der Waals surface area contributed by atoms with Crippen LogP contribution in [0.1, 0.15) is 16.7 Å². The number of fused-ring (bicyclic) bond motifs is 1. The Morgan fingerprint density at radius 1 is 0.935 bits per heavy atom. The molecule has 1 aliphatic rings. The van der Waals surface area contributed by atoms with E-state index in [0.29, 0.717) is 17.9 Å². The average molecular weight is 427 g/mol. The molecule has 4 aromatic rings. The summed E-state index contributed by atoms with van der Waals surface area (Å²) in [7, 11) is 0. The highest BCUT2D eigenvalue weighted by Crippen LogP contribution is 2.34. The maximum absolute atomic E-state index is 9.38. The molecule has 0 aliphatic carbocycles. The lowest BCUT2D eigenvalue weighted by atomic mass is 10.1. The SMILES string of the molecule is N#Cc1ccccc1CSc1nnc(-c2ccccc2)n1Cc1ccc2c(c1)OCO2. The predicted molar refractivity (Wildman–Crippen MR) is 118 cm³/mol. The highest BCUT2D eigenvalue weighted by molar-refractivity contribution is 7.98. The molecule has 0 bridgehead atoms. The molecule has 1 aliphatic heterocycles. The van der Waals surface area contributed by atoms with Crippen molar-refractivity contribution in [3.63, 3.8) is 0 Å². The third kappa shape index (κ3) is 3.98. The second-order valence-corrected chi connectivity index (χ2v) is 7.95. The molecule has 0 saturated carbocycles. The van der Waals surface area contributed by atoms with Crippen LogP contribution in [0.4, 0.5) is 0 Å². The molecule has 0 amide bonds.